The number of hydrogen-bond donors (Lipinski definition) is 1. The lowest BCUT2D eigenvalue weighted by Crippen LogP contribution is -2.38. The fourth-order valence-corrected chi connectivity index (χ4v) is 2.11. The lowest BCUT2D eigenvalue weighted by Gasteiger charge is -2.21. The number of rotatable bonds is 10. The van der Waals surface area contributed by atoms with Gasteiger partial charge in [0.2, 0.25) is 11.8 Å². The molecule has 0 aromatic carbocycles. The monoisotopic (exact) mass is 309 g/mol. The van der Waals surface area contributed by atoms with Crippen molar-refractivity contribution in [3.63, 3.8) is 0 Å². The smallest absolute Gasteiger partial charge is 0.245 e. The van der Waals surface area contributed by atoms with Crippen LogP contribution in [-0.2, 0) is 9.59 Å². The van der Waals surface area contributed by atoms with Gasteiger partial charge in [-0.2, -0.15) is 0 Å². The van der Waals surface area contributed by atoms with E-state index in [1.165, 1.54) is 0 Å². The molecule has 1 heterocycles. The molecule has 1 aromatic heterocycles. The molecular formula is C16H27N3O3. The number of carbonyl (C=O) groups excluding carboxylic acids is 2. The Morgan fingerprint density at radius 2 is 1.95 bits per heavy atom. The Kier molecular flexibility index (Phi) is 8.25. The second-order valence-corrected chi connectivity index (χ2v) is 5.50. The number of amides is 2. The maximum absolute atomic E-state index is 12.2. The highest BCUT2D eigenvalue weighted by Crippen LogP contribution is 2.08. The van der Waals surface area contributed by atoms with Crippen molar-refractivity contribution < 1.29 is 14.1 Å². The lowest BCUT2D eigenvalue weighted by molar-refractivity contribution is -0.134. The minimum atomic E-state index is -0.242. The number of carbonyl (C=O) groups is 2. The molecule has 1 rings (SSSR count). The number of anilines is 1. The van der Waals surface area contributed by atoms with E-state index in [2.05, 4.69) is 24.3 Å². The van der Waals surface area contributed by atoms with E-state index in [-0.39, 0.29) is 18.4 Å². The van der Waals surface area contributed by atoms with Crippen molar-refractivity contribution in [3.05, 3.63) is 11.8 Å². The molecule has 0 saturated carbocycles. The van der Waals surface area contributed by atoms with E-state index < -0.39 is 0 Å². The first-order valence-electron chi connectivity index (χ1n) is 8.07. The Balaban J connectivity index is 2.51. The molecule has 0 saturated heterocycles. The van der Waals surface area contributed by atoms with Crippen LogP contribution in [0.3, 0.4) is 0 Å². The molecule has 0 unspecified atom stereocenters. The topological polar surface area (TPSA) is 75.4 Å². The van der Waals surface area contributed by atoms with Gasteiger partial charge in [-0.25, -0.2) is 0 Å². The molecule has 6 heteroatoms. The maximum Gasteiger partial charge on any atom is 0.245 e. The van der Waals surface area contributed by atoms with E-state index >= 15 is 0 Å². The van der Waals surface area contributed by atoms with Crippen molar-refractivity contribution in [1.29, 1.82) is 0 Å². The summed E-state index contributed by atoms with van der Waals surface area (Å²) < 4.78 is 4.90. The molecule has 0 aliphatic rings. The molecule has 2 amide bonds. The highest BCUT2D eigenvalue weighted by Gasteiger charge is 2.17. The SMILES string of the molecule is CCCCCC(=O)N(CCCC)CC(=O)Nc1cc(C)on1. The van der Waals surface area contributed by atoms with Crippen LogP contribution >= 0.6 is 0 Å². The third-order valence-corrected chi connectivity index (χ3v) is 3.36. The summed E-state index contributed by atoms with van der Waals surface area (Å²) in [5, 5.41) is 6.37. The quantitative estimate of drug-likeness (QED) is 0.674. The zero-order valence-corrected chi connectivity index (χ0v) is 13.9. The van der Waals surface area contributed by atoms with Crippen molar-refractivity contribution in [3.8, 4) is 0 Å². The summed E-state index contributed by atoms with van der Waals surface area (Å²) in [6, 6.07) is 1.65. The largest absolute Gasteiger partial charge is 0.360 e. The predicted octanol–water partition coefficient (Wildman–Crippen LogP) is 3.13. The Morgan fingerprint density at radius 1 is 1.23 bits per heavy atom. The van der Waals surface area contributed by atoms with Crippen molar-refractivity contribution in [2.24, 2.45) is 0 Å². The highest BCUT2D eigenvalue weighted by atomic mass is 16.5. The van der Waals surface area contributed by atoms with Crippen LogP contribution < -0.4 is 5.32 Å². The number of aryl methyl sites for hydroxylation is 1. The van der Waals surface area contributed by atoms with E-state index in [1.54, 1.807) is 17.9 Å². The van der Waals surface area contributed by atoms with Crippen LogP contribution in [0.15, 0.2) is 10.6 Å². The summed E-state index contributed by atoms with van der Waals surface area (Å²) >= 11 is 0. The Bertz CT molecular complexity index is 471. The minimum absolute atomic E-state index is 0.0494. The molecule has 0 spiro atoms. The van der Waals surface area contributed by atoms with Crippen molar-refractivity contribution in [2.45, 2.75) is 59.3 Å². The zero-order valence-electron chi connectivity index (χ0n) is 13.9. The Hall–Kier alpha value is -1.85. The van der Waals surface area contributed by atoms with Crippen molar-refractivity contribution >= 4 is 17.6 Å². The van der Waals surface area contributed by atoms with Gasteiger partial charge in [-0.15, -0.1) is 0 Å². The van der Waals surface area contributed by atoms with E-state index in [9.17, 15) is 9.59 Å². The standard InChI is InChI=1S/C16H27N3O3/c1-4-6-8-9-16(21)19(10-7-5-2)12-15(20)17-14-11-13(3)22-18-14/h11H,4-10,12H2,1-3H3,(H,17,18,20). The molecule has 0 aliphatic carbocycles. The lowest BCUT2D eigenvalue weighted by atomic mass is 10.2. The van der Waals surface area contributed by atoms with Gasteiger partial charge in [0.1, 0.15) is 5.76 Å². The van der Waals surface area contributed by atoms with Gasteiger partial charge in [-0.3, -0.25) is 9.59 Å². The summed E-state index contributed by atoms with van der Waals surface area (Å²) in [6.45, 7) is 6.61. The van der Waals surface area contributed by atoms with Gasteiger partial charge in [-0.05, 0) is 19.8 Å². The second kappa shape index (κ2) is 9.97. The van der Waals surface area contributed by atoms with E-state index in [1.807, 2.05) is 0 Å². The van der Waals surface area contributed by atoms with Crippen molar-refractivity contribution in [1.82, 2.24) is 10.1 Å². The van der Waals surface area contributed by atoms with Crippen LogP contribution in [0.4, 0.5) is 5.82 Å². The average molecular weight is 309 g/mol. The van der Waals surface area contributed by atoms with Gasteiger partial charge >= 0.3 is 0 Å². The summed E-state index contributed by atoms with van der Waals surface area (Å²) in [7, 11) is 0. The first-order chi connectivity index (χ1) is 10.6. The molecule has 1 N–H and O–H groups in total. The highest BCUT2D eigenvalue weighted by molar-refractivity contribution is 5.93. The van der Waals surface area contributed by atoms with E-state index in [0.29, 0.717) is 24.5 Å². The summed E-state index contributed by atoms with van der Waals surface area (Å²) in [5.74, 6) is 0.826. The first-order valence-corrected chi connectivity index (χ1v) is 8.07. The molecule has 1 aromatic rings. The minimum Gasteiger partial charge on any atom is -0.360 e. The molecule has 0 bridgehead atoms. The van der Waals surface area contributed by atoms with Crippen LogP contribution in [0, 0.1) is 6.92 Å². The molecule has 22 heavy (non-hydrogen) atoms. The second-order valence-electron chi connectivity index (χ2n) is 5.50. The molecule has 0 atom stereocenters. The van der Waals surface area contributed by atoms with Crippen LogP contribution in [-0.4, -0.2) is 35.0 Å². The number of aromatic nitrogens is 1. The van der Waals surface area contributed by atoms with Gasteiger partial charge in [0.25, 0.3) is 0 Å². The van der Waals surface area contributed by atoms with Crippen LogP contribution in [0.5, 0.6) is 0 Å². The van der Waals surface area contributed by atoms with Gasteiger partial charge in [0.05, 0.1) is 6.54 Å². The maximum atomic E-state index is 12.2. The molecule has 124 valence electrons. The summed E-state index contributed by atoms with van der Waals surface area (Å²) in [5.41, 5.74) is 0. The Morgan fingerprint density at radius 3 is 2.55 bits per heavy atom. The van der Waals surface area contributed by atoms with Gasteiger partial charge in [0.15, 0.2) is 5.82 Å². The number of hydrogen-bond acceptors (Lipinski definition) is 4. The van der Waals surface area contributed by atoms with Crippen LogP contribution in [0.25, 0.3) is 0 Å². The van der Waals surface area contributed by atoms with Gasteiger partial charge in [0, 0.05) is 19.0 Å². The number of unbranched alkanes of at least 4 members (excludes halogenated alkanes) is 3. The molecule has 0 aliphatic heterocycles. The number of nitrogens with zero attached hydrogens (tertiary/aromatic N) is 2. The van der Waals surface area contributed by atoms with Crippen LogP contribution in [0.1, 0.15) is 58.1 Å². The molecule has 0 radical (unpaired) electrons. The summed E-state index contributed by atoms with van der Waals surface area (Å²) in [6.07, 6.45) is 5.39. The number of nitrogens with one attached hydrogen (secondary N) is 1. The summed E-state index contributed by atoms with van der Waals surface area (Å²) in [4.78, 5) is 25.9. The molecule has 0 fully saturated rings. The predicted molar refractivity (Wildman–Crippen MR) is 85.5 cm³/mol. The third kappa shape index (κ3) is 6.74. The van der Waals surface area contributed by atoms with Gasteiger partial charge in [-0.1, -0.05) is 38.3 Å². The van der Waals surface area contributed by atoms with Crippen LogP contribution in [0.2, 0.25) is 0 Å². The third-order valence-electron chi connectivity index (χ3n) is 3.36. The van der Waals surface area contributed by atoms with E-state index in [4.69, 9.17) is 4.52 Å². The normalized spacial score (nSPS) is 10.5. The van der Waals surface area contributed by atoms with E-state index in [0.717, 1.165) is 32.1 Å². The van der Waals surface area contributed by atoms with Gasteiger partial charge < -0.3 is 14.7 Å². The fourth-order valence-electron chi connectivity index (χ4n) is 2.11. The molecule has 6 nitrogen and oxygen atoms in total. The zero-order chi connectivity index (χ0) is 16.4. The first kappa shape index (κ1) is 18.2. The fraction of sp³-hybridized carbons (Fsp3) is 0.688. The average Bonchev–Trinajstić information content (AvgIpc) is 2.88. The molecular weight excluding hydrogens is 282 g/mol. The van der Waals surface area contributed by atoms with Crippen molar-refractivity contribution in [2.75, 3.05) is 18.4 Å². The Labute approximate surface area is 132 Å².